The average Bonchev–Trinajstić information content (AvgIpc) is 2.41. The molecule has 0 bridgehead atoms. The van der Waals surface area contributed by atoms with Crippen LogP contribution < -0.4 is 0 Å². The van der Waals surface area contributed by atoms with Crippen LogP contribution in [0.4, 0.5) is 0 Å². The molecule has 2 amide bonds. The van der Waals surface area contributed by atoms with Crippen molar-refractivity contribution in [2.75, 3.05) is 26.2 Å². The van der Waals surface area contributed by atoms with E-state index in [0.29, 0.717) is 32.6 Å². The molecule has 1 saturated heterocycles. The molecule has 6 heteroatoms. The van der Waals surface area contributed by atoms with Crippen LogP contribution in [0.5, 0.6) is 0 Å². The van der Waals surface area contributed by atoms with Crippen LogP contribution in [0.15, 0.2) is 0 Å². The maximum atomic E-state index is 11.2. The summed E-state index contributed by atoms with van der Waals surface area (Å²) < 4.78 is 0. The van der Waals surface area contributed by atoms with E-state index in [1.54, 1.807) is 4.90 Å². The summed E-state index contributed by atoms with van der Waals surface area (Å²) in [7, 11) is 0. The molecular formula is C9H14N2O4. The van der Waals surface area contributed by atoms with Crippen LogP contribution in [0.2, 0.25) is 0 Å². The number of rotatable bonds is 0. The Morgan fingerprint density at radius 3 is 2.07 bits per heavy atom. The molecule has 0 radical (unpaired) electrons. The van der Waals surface area contributed by atoms with E-state index in [2.05, 4.69) is 0 Å². The van der Waals surface area contributed by atoms with Gasteiger partial charge in [-0.05, 0) is 6.42 Å². The number of amides is 2. The minimum absolute atomic E-state index is 0.0420. The molecular weight excluding hydrogens is 200 g/mol. The molecule has 0 unspecified atom stereocenters. The fourth-order valence-electron chi connectivity index (χ4n) is 1.57. The molecule has 0 aliphatic carbocycles. The summed E-state index contributed by atoms with van der Waals surface area (Å²) in [5.41, 5.74) is 0. The molecule has 0 saturated carbocycles. The highest BCUT2D eigenvalue weighted by molar-refractivity contribution is 6.31. The predicted octanol–water partition coefficient (Wildman–Crippen LogP) is -0.848. The van der Waals surface area contributed by atoms with E-state index in [1.807, 2.05) is 0 Å². The smallest absolute Gasteiger partial charge is 0.394 e. The van der Waals surface area contributed by atoms with Crippen LogP contribution in [-0.4, -0.2) is 58.9 Å². The highest BCUT2D eigenvalue weighted by Gasteiger charge is 2.24. The van der Waals surface area contributed by atoms with Crippen LogP contribution in [0.3, 0.4) is 0 Å². The number of carboxylic acids is 1. The highest BCUT2D eigenvalue weighted by atomic mass is 16.4. The zero-order valence-electron chi connectivity index (χ0n) is 8.60. The topological polar surface area (TPSA) is 77.9 Å². The zero-order valence-corrected chi connectivity index (χ0v) is 8.60. The van der Waals surface area contributed by atoms with Gasteiger partial charge in [0.05, 0.1) is 0 Å². The minimum Gasteiger partial charge on any atom is -0.474 e. The lowest BCUT2D eigenvalue weighted by Gasteiger charge is -2.19. The largest absolute Gasteiger partial charge is 0.474 e. The Balaban J connectivity index is 2.56. The first-order valence-electron chi connectivity index (χ1n) is 4.80. The van der Waals surface area contributed by atoms with Crippen LogP contribution in [-0.2, 0) is 14.4 Å². The monoisotopic (exact) mass is 214 g/mol. The molecule has 0 spiro atoms. The fraction of sp³-hybridized carbons (Fsp3) is 0.667. The maximum absolute atomic E-state index is 11.2. The van der Waals surface area contributed by atoms with Gasteiger partial charge in [-0.25, -0.2) is 4.79 Å². The first-order chi connectivity index (χ1) is 7.02. The summed E-state index contributed by atoms with van der Waals surface area (Å²) in [6, 6.07) is 0. The number of hydrogen-bond donors (Lipinski definition) is 1. The molecule has 1 rings (SSSR count). The number of carboxylic acid groups (broad SMARTS) is 1. The van der Waals surface area contributed by atoms with Crippen LogP contribution in [0.1, 0.15) is 13.3 Å². The van der Waals surface area contributed by atoms with Crippen molar-refractivity contribution < 1.29 is 19.5 Å². The van der Waals surface area contributed by atoms with E-state index in [1.165, 1.54) is 11.8 Å². The van der Waals surface area contributed by atoms with Gasteiger partial charge < -0.3 is 14.9 Å². The van der Waals surface area contributed by atoms with Crippen molar-refractivity contribution in [3.05, 3.63) is 0 Å². The van der Waals surface area contributed by atoms with Gasteiger partial charge in [-0.3, -0.25) is 9.59 Å². The second kappa shape index (κ2) is 4.77. The molecule has 1 N–H and O–H groups in total. The molecule has 0 atom stereocenters. The Morgan fingerprint density at radius 2 is 1.53 bits per heavy atom. The van der Waals surface area contributed by atoms with Crippen LogP contribution in [0, 0.1) is 0 Å². The highest BCUT2D eigenvalue weighted by Crippen LogP contribution is 2.03. The van der Waals surface area contributed by atoms with E-state index in [4.69, 9.17) is 5.11 Å². The molecule has 0 aromatic heterocycles. The second-order valence-corrected chi connectivity index (χ2v) is 3.46. The van der Waals surface area contributed by atoms with Crippen molar-refractivity contribution in [3.63, 3.8) is 0 Å². The van der Waals surface area contributed by atoms with E-state index in [0.717, 1.165) is 0 Å². The third kappa shape index (κ3) is 2.93. The summed E-state index contributed by atoms with van der Waals surface area (Å²) in [5.74, 6) is -2.37. The Labute approximate surface area is 87.5 Å². The van der Waals surface area contributed by atoms with Crippen molar-refractivity contribution in [1.82, 2.24) is 9.80 Å². The molecule has 1 aliphatic rings. The minimum atomic E-state index is -1.44. The fourth-order valence-corrected chi connectivity index (χ4v) is 1.57. The summed E-state index contributed by atoms with van der Waals surface area (Å²) in [4.78, 5) is 35.6. The molecule has 6 nitrogen and oxygen atoms in total. The van der Waals surface area contributed by atoms with Gasteiger partial charge in [0.1, 0.15) is 0 Å². The van der Waals surface area contributed by atoms with Gasteiger partial charge in [-0.2, -0.15) is 0 Å². The molecule has 0 aromatic carbocycles. The first kappa shape index (κ1) is 11.5. The maximum Gasteiger partial charge on any atom is 0.394 e. The van der Waals surface area contributed by atoms with Crippen molar-refractivity contribution in [1.29, 1.82) is 0 Å². The van der Waals surface area contributed by atoms with Gasteiger partial charge in [-0.1, -0.05) is 0 Å². The molecule has 1 aliphatic heterocycles. The lowest BCUT2D eigenvalue weighted by atomic mass is 10.3. The van der Waals surface area contributed by atoms with Gasteiger partial charge in [-0.15, -0.1) is 0 Å². The third-order valence-electron chi connectivity index (χ3n) is 2.41. The molecule has 15 heavy (non-hydrogen) atoms. The van der Waals surface area contributed by atoms with E-state index >= 15 is 0 Å². The SMILES string of the molecule is CC(=O)N1CCCN(C(=O)C(=O)O)CC1. The summed E-state index contributed by atoms with van der Waals surface area (Å²) in [5, 5.41) is 8.53. The normalized spacial score (nSPS) is 17.1. The van der Waals surface area contributed by atoms with E-state index in [-0.39, 0.29) is 5.91 Å². The molecule has 1 heterocycles. The lowest BCUT2D eigenvalue weighted by molar-refractivity contribution is -0.155. The zero-order chi connectivity index (χ0) is 11.4. The number of hydrogen-bond acceptors (Lipinski definition) is 3. The lowest BCUT2D eigenvalue weighted by Crippen LogP contribution is -2.39. The Morgan fingerprint density at radius 1 is 1.00 bits per heavy atom. The van der Waals surface area contributed by atoms with Crippen molar-refractivity contribution in [2.24, 2.45) is 0 Å². The summed E-state index contributed by atoms with van der Waals surface area (Å²) in [6.45, 7) is 3.15. The quantitative estimate of drug-likeness (QED) is 0.533. The standard InChI is InChI=1S/C9H14N2O4/c1-7(12)10-3-2-4-11(6-5-10)8(13)9(14)15/h2-6H2,1H3,(H,14,15). The van der Waals surface area contributed by atoms with Gasteiger partial charge in [0, 0.05) is 33.1 Å². The van der Waals surface area contributed by atoms with Gasteiger partial charge in [0.2, 0.25) is 5.91 Å². The third-order valence-corrected chi connectivity index (χ3v) is 2.41. The molecule has 0 aromatic rings. The number of carbonyl (C=O) groups excluding carboxylic acids is 2. The number of carbonyl (C=O) groups is 3. The number of aliphatic carboxylic acids is 1. The van der Waals surface area contributed by atoms with Gasteiger partial charge in [0.25, 0.3) is 0 Å². The van der Waals surface area contributed by atoms with E-state index in [9.17, 15) is 14.4 Å². The molecule has 1 fully saturated rings. The summed E-state index contributed by atoms with van der Waals surface area (Å²) >= 11 is 0. The number of nitrogens with zero attached hydrogens (tertiary/aromatic N) is 2. The van der Waals surface area contributed by atoms with Crippen LogP contribution >= 0.6 is 0 Å². The Hall–Kier alpha value is -1.59. The van der Waals surface area contributed by atoms with Crippen molar-refractivity contribution in [3.8, 4) is 0 Å². The van der Waals surface area contributed by atoms with Crippen molar-refractivity contribution >= 4 is 17.8 Å². The second-order valence-electron chi connectivity index (χ2n) is 3.46. The summed E-state index contributed by atoms with van der Waals surface area (Å²) in [6.07, 6.45) is 0.624. The Bertz CT molecular complexity index is 290. The predicted molar refractivity (Wildman–Crippen MR) is 51.1 cm³/mol. The average molecular weight is 214 g/mol. The molecule has 84 valence electrons. The Kier molecular flexibility index (Phi) is 3.65. The first-order valence-corrected chi connectivity index (χ1v) is 4.80. The van der Waals surface area contributed by atoms with Gasteiger partial charge >= 0.3 is 11.9 Å². The van der Waals surface area contributed by atoms with Gasteiger partial charge in [0.15, 0.2) is 0 Å². The van der Waals surface area contributed by atoms with Crippen LogP contribution in [0.25, 0.3) is 0 Å². The van der Waals surface area contributed by atoms with Crippen molar-refractivity contribution in [2.45, 2.75) is 13.3 Å². The van der Waals surface area contributed by atoms with E-state index < -0.39 is 11.9 Å².